The maximum absolute atomic E-state index is 10.4. The number of aliphatic imine (C=N–C) groups is 2. The van der Waals surface area contributed by atoms with Crippen LogP contribution in [0.1, 0.15) is 25.0 Å². The molecule has 5 aromatic carbocycles. The van der Waals surface area contributed by atoms with Crippen molar-refractivity contribution >= 4 is 66.4 Å². The Bertz CT molecular complexity index is 2770. The third-order valence-electron chi connectivity index (χ3n) is 9.28. The van der Waals surface area contributed by atoms with Crippen molar-refractivity contribution in [2.24, 2.45) is 9.98 Å². The van der Waals surface area contributed by atoms with Gasteiger partial charge in [0.15, 0.2) is 0 Å². The van der Waals surface area contributed by atoms with Crippen molar-refractivity contribution in [3.63, 3.8) is 0 Å². The third-order valence-corrected chi connectivity index (χ3v) is 9.28. The van der Waals surface area contributed by atoms with Crippen molar-refractivity contribution in [1.82, 2.24) is 30.7 Å². The largest absolute Gasteiger partial charge is 0.507 e. The van der Waals surface area contributed by atoms with Gasteiger partial charge in [-0.15, -0.1) is 0 Å². The van der Waals surface area contributed by atoms with E-state index >= 15 is 0 Å². The molecule has 20 heteroatoms. The predicted octanol–water partition coefficient (Wildman–Crippen LogP) is 9.87. The minimum absolute atomic E-state index is 0. The van der Waals surface area contributed by atoms with Gasteiger partial charge in [0.05, 0.1) is 58.4 Å². The molecule has 68 heavy (non-hydrogen) atoms. The van der Waals surface area contributed by atoms with Crippen LogP contribution in [-0.2, 0) is 33.6 Å². The molecule has 4 heterocycles. The second-order valence-corrected chi connectivity index (χ2v) is 13.7. The van der Waals surface area contributed by atoms with Crippen LogP contribution >= 0.6 is 0 Å². The number of aromatic hydroxyl groups is 2. The van der Waals surface area contributed by atoms with Crippen LogP contribution in [0.3, 0.4) is 0 Å². The zero-order valence-electron chi connectivity index (χ0n) is 36.6. The Balaban J connectivity index is 0.000000267. The van der Waals surface area contributed by atoms with E-state index in [1.807, 2.05) is 60.7 Å². The van der Waals surface area contributed by atoms with E-state index < -0.39 is 10.8 Å². The molecule has 2 radical (unpaired) electrons. The van der Waals surface area contributed by atoms with Gasteiger partial charge in [0.2, 0.25) is 0 Å². The summed E-state index contributed by atoms with van der Waals surface area (Å²) < 4.78 is 10.5. The molecule has 8 N–H and O–H groups in total. The van der Waals surface area contributed by atoms with Crippen molar-refractivity contribution < 1.29 is 84.5 Å². The molecule has 9 rings (SSSR count). The van der Waals surface area contributed by atoms with E-state index in [1.54, 1.807) is 71.1 Å². The van der Waals surface area contributed by atoms with Gasteiger partial charge in [0.1, 0.15) is 23.0 Å². The minimum atomic E-state index is -1.00. The number of phenols is 2. The molecule has 0 spiro atoms. The number of nitrogens with zero attached hydrogens (tertiary/aromatic N) is 8. The molecule has 4 aromatic heterocycles. The first kappa shape index (κ1) is 55.3. The molecule has 0 aliphatic carbocycles. The molecular formula is C48H46Co2N8O10. The maximum atomic E-state index is 10.4. The molecule has 0 aliphatic heterocycles. The van der Waals surface area contributed by atoms with Gasteiger partial charge in [-0.25, -0.2) is 0 Å². The summed E-state index contributed by atoms with van der Waals surface area (Å²) in [5, 5.41) is 65.3. The summed E-state index contributed by atoms with van der Waals surface area (Å²) in [5.74, 6) is 1.27. The molecule has 0 amide bonds. The van der Waals surface area contributed by atoms with Gasteiger partial charge in [-0.3, -0.25) is 61.2 Å². The predicted molar refractivity (Wildman–Crippen MR) is 248 cm³/mol. The first-order valence-electron chi connectivity index (χ1n) is 19.6. The molecule has 356 valence electrons. The normalized spacial score (nSPS) is 10.8. The average Bonchev–Trinajstić information content (AvgIpc) is 3.31. The number of phenolic OH excluding ortho intramolecular Hbond substituents is 2. The molecule has 0 fully saturated rings. The van der Waals surface area contributed by atoms with E-state index in [0.717, 1.165) is 43.6 Å². The number of fused-ring (bicyclic) bond motifs is 6. The third kappa shape index (κ3) is 16.1. The van der Waals surface area contributed by atoms with E-state index in [9.17, 15) is 10.2 Å². The second-order valence-electron chi connectivity index (χ2n) is 13.7. The number of benzene rings is 5. The van der Waals surface area contributed by atoms with Crippen LogP contribution in [0.2, 0.25) is 0 Å². The minimum Gasteiger partial charge on any atom is -0.507 e. The van der Waals surface area contributed by atoms with Gasteiger partial charge in [-0.05, 0) is 68.4 Å². The van der Waals surface area contributed by atoms with E-state index in [0.29, 0.717) is 45.4 Å². The molecule has 0 atom stereocenters. The van der Waals surface area contributed by atoms with Gasteiger partial charge in [-0.2, -0.15) is 0 Å². The summed E-state index contributed by atoms with van der Waals surface area (Å²) in [7, 11) is 3.19. The Labute approximate surface area is 410 Å². The van der Waals surface area contributed by atoms with Gasteiger partial charge in [0.25, 0.3) is 0 Å². The fourth-order valence-corrected chi connectivity index (χ4v) is 6.38. The van der Waals surface area contributed by atoms with Gasteiger partial charge >= 0.3 is 0 Å². The standard InChI is InChI=1S/C24H24N2O4.2C12H8N2.2Co.2H3NO3/c1-15(25-17-7-5-9-19(11-17)29-3)21-13-22(24(28)14-23(21)27)16(2)26-18-8-6-10-20(12-18)30-4;2*1-3-9-5-6-10-4-2-8-14-12(10)11(9)13-7-1;;;2*2-1(3)4/h5-14,27-28H,1-4H3;2*1-8H;;;2*2-4H. The summed E-state index contributed by atoms with van der Waals surface area (Å²) in [6.45, 7) is 3.59. The molecule has 18 nitrogen and oxygen atoms in total. The van der Waals surface area contributed by atoms with Gasteiger partial charge < -0.3 is 19.7 Å². The van der Waals surface area contributed by atoms with Crippen molar-refractivity contribution in [2.75, 3.05) is 14.2 Å². The molecule has 0 bridgehead atoms. The van der Waals surface area contributed by atoms with Crippen LogP contribution < -0.4 is 9.47 Å². The fourth-order valence-electron chi connectivity index (χ4n) is 6.38. The Hall–Kier alpha value is -7.03. The number of hydrogen-bond acceptors (Lipinski definition) is 18. The Kier molecular flexibility index (Phi) is 22.4. The van der Waals surface area contributed by atoms with Crippen molar-refractivity contribution in [3.05, 3.63) is 169 Å². The number of rotatable bonds is 6. The number of aromatic nitrogens is 4. The quantitative estimate of drug-likeness (QED) is 0.0438. The molecule has 0 aliphatic rings. The van der Waals surface area contributed by atoms with E-state index in [2.05, 4.69) is 78.5 Å². The van der Waals surface area contributed by atoms with Crippen molar-refractivity contribution in [3.8, 4) is 23.0 Å². The molecular weight excluding hydrogens is 966 g/mol. The molecule has 0 unspecified atom stereocenters. The fraction of sp³-hybridized carbons (Fsp3) is 0.0833. The van der Waals surface area contributed by atoms with Gasteiger partial charge in [-0.1, -0.05) is 60.7 Å². The molecule has 9 aromatic rings. The first-order valence-corrected chi connectivity index (χ1v) is 19.6. The smallest absolute Gasteiger partial charge is 0.128 e. The summed E-state index contributed by atoms with van der Waals surface area (Å²) in [4.78, 5) is 26.5. The average molecular weight is 1010 g/mol. The summed E-state index contributed by atoms with van der Waals surface area (Å²) in [6, 6.07) is 41.9. The number of pyridine rings is 4. The Morgan fingerprint density at radius 3 is 1.00 bits per heavy atom. The van der Waals surface area contributed by atoms with E-state index in [1.165, 1.54) is 6.07 Å². The van der Waals surface area contributed by atoms with Crippen molar-refractivity contribution in [2.45, 2.75) is 13.8 Å². The first-order chi connectivity index (χ1) is 31.8. The second kappa shape index (κ2) is 27.6. The summed E-state index contributed by atoms with van der Waals surface area (Å²) >= 11 is 0. The van der Waals surface area contributed by atoms with Crippen LogP contribution in [0.15, 0.2) is 168 Å². The number of ether oxygens (including phenoxy) is 2. The topological polar surface area (TPSA) is 263 Å². The maximum Gasteiger partial charge on any atom is 0.128 e. The zero-order chi connectivity index (χ0) is 47.6. The zero-order valence-corrected chi connectivity index (χ0v) is 38.7. The van der Waals surface area contributed by atoms with Crippen LogP contribution in [0.5, 0.6) is 23.0 Å². The van der Waals surface area contributed by atoms with Crippen LogP contribution in [0.25, 0.3) is 43.6 Å². The summed E-state index contributed by atoms with van der Waals surface area (Å²) in [5.41, 5.74) is 7.50. The molecule has 0 saturated heterocycles. The van der Waals surface area contributed by atoms with Crippen molar-refractivity contribution in [1.29, 1.82) is 0 Å². The number of methoxy groups -OCH3 is 2. The van der Waals surface area contributed by atoms with Crippen LogP contribution in [-0.4, -0.2) is 97.8 Å². The van der Waals surface area contributed by atoms with Crippen LogP contribution in [0, 0.1) is 0 Å². The van der Waals surface area contributed by atoms with Gasteiger partial charge in [0, 0.05) is 121 Å². The van der Waals surface area contributed by atoms with E-state index in [4.69, 9.17) is 40.7 Å². The number of hydrogen-bond donors (Lipinski definition) is 8. The SMILES string of the molecule is COc1cccc(N=C(C)c2cc(C(C)=Nc3cccc(OC)c3)c(O)cc2O)c1.ON(O)O.ON(O)O.[Co].[Co].c1cnc2c(c1)ccc1cccnc12.c1cnc2c(c1)ccc1cccnc12. The Morgan fingerprint density at radius 2 is 0.721 bits per heavy atom. The van der Waals surface area contributed by atoms with E-state index in [-0.39, 0.29) is 45.1 Å². The summed E-state index contributed by atoms with van der Waals surface area (Å²) in [6.07, 6.45) is 7.21. The Morgan fingerprint density at radius 1 is 0.426 bits per heavy atom. The van der Waals surface area contributed by atoms with Crippen LogP contribution in [0.4, 0.5) is 11.4 Å². The molecule has 0 saturated carbocycles. The monoisotopic (exact) mass is 1010 g/mol.